The summed E-state index contributed by atoms with van der Waals surface area (Å²) in [7, 11) is -9.33. The zero-order chi connectivity index (χ0) is 11.7. The molecule has 0 amide bonds. The average Bonchev–Trinajstić information content (AvgIpc) is 1.52. The second-order valence-corrected chi connectivity index (χ2v) is 2.79. The second kappa shape index (κ2) is 12.3. The van der Waals surface area contributed by atoms with Crippen molar-refractivity contribution in [2.45, 2.75) is 0 Å². The molecule has 14 heteroatoms. The maximum absolute atomic E-state index is 8.74. The molecule has 0 atom stereocenters. The van der Waals surface area contributed by atoms with Crippen molar-refractivity contribution in [3.05, 3.63) is 0 Å². The monoisotopic (exact) mass is 285 g/mol. The molecule has 0 aliphatic rings. The Morgan fingerprint density at radius 2 is 0.857 bits per heavy atom. The fourth-order valence-corrected chi connectivity index (χ4v) is 0. The SMILES string of the molecule is NOO.O=S(=O)(O)O.O=S(=O)(O)O.[KH]. The van der Waals surface area contributed by atoms with Crippen LogP contribution in [-0.4, -0.2) is 91.7 Å². The molecule has 86 valence electrons. The first-order chi connectivity index (χ1) is 5.41. The Morgan fingerprint density at radius 1 is 0.857 bits per heavy atom. The standard InChI is InChI=1S/K.H3NO2.2H2O4S.H/c;1-3-2;2*1-5(2,3)4;/h;2H,1H2;2*(H2,1,2,3,4);. The Morgan fingerprint density at radius 3 is 0.857 bits per heavy atom. The van der Waals surface area contributed by atoms with Crippen LogP contribution >= 0.6 is 0 Å². The number of hydrogen-bond acceptors (Lipinski definition) is 7. The van der Waals surface area contributed by atoms with Gasteiger partial charge in [0.15, 0.2) is 0 Å². The molecule has 0 aliphatic carbocycles. The van der Waals surface area contributed by atoms with Crippen molar-refractivity contribution in [1.29, 1.82) is 0 Å². The van der Waals surface area contributed by atoms with Gasteiger partial charge < -0.3 is 0 Å². The van der Waals surface area contributed by atoms with Crippen molar-refractivity contribution in [3.8, 4) is 0 Å². The Labute approximate surface area is 122 Å². The third-order valence-electron chi connectivity index (χ3n) is 0. The van der Waals surface area contributed by atoms with E-state index in [1.807, 2.05) is 0 Å². The summed E-state index contributed by atoms with van der Waals surface area (Å²) in [6.45, 7) is 0. The summed E-state index contributed by atoms with van der Waals surface area (Å²) < 4.78 is 63.2. The molecule has 0 saturated heterocycles. The van der Waals surface area contributed by atoms with Gasteiger partial charge in [0.1, 0.15) is 0 Å². The summed E-state index contributed by atoms with van der Waals surface area (Å²) in [5, 5.41) is 6.85. The number of hydrogen-bond donors (Lipinski definition) is 6. The van der Waals surface area contributed by atoms with E-state index < -0.39 is 20.8 Å². The van der Waals surface area contributed by atoms with Gasteiger partial charge in [0.25, 0.3) is 0 Å². The van der Waals surface area contributed by atoms with E-state index in [2.05, 4.69) is 10.9 Å². The molecule has 0 unspecified atom stereocenters. The first-order valence-electron chi connectivity index (χ1n) is 1.82. The van der Waals surface area contributed by atoms with Crippen molar-refractivity contribution in [2.75, 3.05) is 0 Å². The normalized spacial score (nSPS) is 9.57. The summed E-state index contributed by atoms with van der Waals surface area (Å²) in [6.07, 6.45) is 0. The van der Waals surface area contributed by atoms with Gasteiger partial charge in [-0.25, -0.2) is 5.26 Å². The van der Waals surface area contributed by atoms with E-state index in [0.717, 1.165) is 0 Å². The fourth-order valence-electron chi connectivity index (χ4n) is 0. The quantitative estimate of drug-likeness (QED) is 0.118. The summed E-state index contributed by atoms with van der Waals surface area (Å²) in [6, 6.07) is 0. The van der Waals surface area contributed by atoms with Crippen LogP contribution in [0.25, 0.3) is 0 Å². The molecule has 7 N–H and O–H groups in total. The van der Waals surface area contributed by atoms with Gasteiger partial charge in [-0.15, -0.1) is 4.99 Å². The predicted octanol–water partition coefficient (Wildman–Crippen LogP) is -2.60. The van der Waals surface area contributed by atoms with Crippen LogP contribution in [0.1, 0.15) is 0 Å². The molecular formula is H8KNO10S2. The summed E-state index contributed by atoms with van der Waals surface area (Å²) >= 11 is 0. The summed E-state index contributed by atoms with van der Waals surface area (Å²) in [5.41, 5.74) is 0. The van der Waals surface area contributed by atoms with Gasteiger partial charge in [-0.3, -0.25) is 18.2 Å². The topological polar surface area (TPSA) is 205 Å². The third-order valence-corrected chi connectivity index (χ3v) is 0. The van der Waals surface area contributed by atoms with Gasteiger partial charge in [-0.1, -0.05) is 0 Å². The van der Waals surface area contributed by atoms with Crippen LogP contribution < -0.4 is 5.90 Å². The molecule has 0 heterocycles. The van der Waals surface area contributed by atoms with Crippen LogP contribution in [0.4, 0.5) is 0 Å². The summed E-state index contributed by atoms with van der Waals surface area (Å²) in [5.74, 6) is 3.90. The minimum atomic E-state index is -4.67. The van der Waals surface area contributed by atoms with Crippen LogP contribution in [0.5, 0.6) is 0 Å². The van der Waals surface area contributed by atoms with Crippen LogP contribution in [0.3, 0.4) is 0 Å². The fraction of sp³-hybridized carbons (Fsp3) is 0. The van der Waals surface area contributed by atoms with Gasteiger partial charge >= 0.3 is 72.2 Å². The van der Waals surface area contributed by atoms with Gasteiger partial charge in [0.05, 0.1) is 0 Å². The first kappa shape index (κ1) is 24.5. The van der Waals surface area contributed by atoms with Crippen molar-refractivity contribution in [1.82, 2.24) is 0 Å². The van der Waals surface area contributed by atoms with E-state index in [1.165, 1.54) is 0 Å². The molecule has 0 aliphatic heterocycles. The zero-order valence-electron chi connectivity index (χ0n) is 5.67. The van der Waals surface area contributed by atoms with Gasteiger partial charge in [0, 0.05) is 0 Å². The molecule has 11 nitrogen and oxygen atoms in total. The van der Waals surface area contributed by atoms with Gasteiger partial charge in [0.2, 0.25) is 0 Å². The van der Waals surface area contributed by atoms with Crippen LogP contribution in [0, 0.1) is 0 Å². The molecule has 0 saturated carbocycles. The van der Waals surface area contributed by atoms with Crippen molar-refractivity contribution in [2.24, 2.45) is 5.90 Å². The van der Waals surface area contributed by atoms with Crippen LogP contribution in [-0.2, 0) is 25.8 Å². The van der Waals surface area contributed by atoms with E-state index in [0.29, 0.717) is 0 Å². The molecule has 0 aromatic heterocycles. The number of rotatable bonds is 0. The van der Waals surface area contributed by atoms with Crippen molar-refractivity contribution in [3.63, 3.8) is 0 Å². The van der Waals surface area contributed by atoms with Crippen LogP contribution in [0.15, 0.2) is 0 Å². The molecule has 0 spiro atoms. The van der Waals surface area contributed by atoms with Gasteiger partial charge in [-0.2, -0.15) is 22.7 Å². The Balaban J connectivity index is -0.0000000535. The van der Waals surface area contributed by atoms with E-state index in [-0.39, 0.29) is 51.4 Å². The van der Waals surface area contributed by atoms with Crippen molar-refractivity contribution >= 4 is 72.2 Å². The molecule has 0 aromatic carbocycles. The summed E-state index contributed by atoms with van der Waals surface area (Å²) in [4.78, 5) is 2.75. The predicted molar refractivity (Wildman–Crippen MR) is 43.4 cm³/mol. The third kappa shape index (κ3) is 1260. The Kier molecular flexibility index (Phi) is 21.5. The Bertz CT molecular complexity index is 227. The molecule has 14 heavy (non-hydrogen) atoms. The minimum absolute atomic E-state index is 0. The van der Waals surface area contributed by atoms with E-state index >= 15 is 0 Å². The molecule has 0 bridgehead atoms. The molecule has 0 radical (unpaired) electrons. The molecule has 0 aromatic rings. The molecule has 0 rings (SSSR count). The van der Waals surface area contributed by atoms with Gasteiger partial charge in [-0.05, 0) is 0 Å². The van der Waals surface area contributed by atoms with Crippen LogP contribution in [0.2, 0.25) is 0 Å². The molecular weight excluding hydrogens is 277 g/mol. The average molecular weight is 285 g/mol. The van der Waals surface area contributed by atoms with Crippen molar-refractivity contribution < 1.29 is 45.3 Å². The van der Waals surface area contributed by atoms with E-state index in [1.54, 1.807) is 0 Å². The number of nitrogens with two attached hydrogens (primary N) is 1. The van der Waals surface area contributed by atoms with E-state index in [4.69, 9.17) is 40.3 Å². The molecule has 0 fully saturated rings. The zero-order valence-corrected chi connectivity index (χ0v) is 7.30. The maximum atomic E-state index is 8.74. The first-order valence-corrected chi connectivity index (χ1v) is 4.61. The van der Waals surface area contributed by atoms with E-state index in [9.17, 15) is 0 Å². The second-order valence-electron chi connectivity index (χ2n) is 1.00. The Hall–Kier alpha value is 1.26.